The lowest BCUT2D eigenvalue weighted by atomic mass is 9.91. The minimum absolute atomic E-state index is 0.0512. The molecule has 2 aromatic carbocycles. The molecule has 5 N–H and O–H groups in total. The second-order valence-corrected chi connectivity index (χ2v) is 10.3. The Morgan fingerprint density at radius 2 is 1.81 bits per heavy atom. The van der Waals surface area contributed by atoms with Crippen molar-refractivity contribution in [1.82, 2.24) is 9.97 Å². The Morgan fingerprint density at radius 1 is 1.11 bits per heavy atom. The first-order valence-electron chi connectivity index (χ1n) is 12.6. The maximum Gasteiger partial charge on any atom is 0.416 e. The van der Waals surface area contributed by atoms with Gasteiger partial charge in [0.05, 0.1) is 29.3 Å². The van der Waals surface area contributed by atoms with Crippen molar-refractivity contribution >= 4 is 28.1 Å². The van der Waals surface area contributed by atoms with E-state index in [9.17, 15) is 23.4 Å². The van der Waals surface area contributed by atoms with Crippen molar-refractivity contribution in [3.8, 4) is 0 Å². The molecule has 1 unspecified atom stereocenters. The molecule has 2 heterocycles. The summed E-state index contributed by atoms with van der Waals surface area (Å²) in [5.74, 6) is 1.14. The Balaban J connectivity index is 1.55. The van der Waals surface area contributed by atoms with E-state index in [2.05, 4.69) is 21.3 Å². The van der Waals surface area contributed by atoms with Crippen LogP contribution in [0.5, 0.6) is 0 Å². The number of aromatic nitrogens is 2. The molecule has 0 amide bonds. The van der Waals surface area contributed by atoms with Gasteiger partial charge < -0.3 is 26.2 Å². The summed E-state index contributed by atoms with van der Waals surface area (Å²) in [5, 5.41) is 24.2. The van der Waals surface area contributed by atoms with Crippen LogP contribution in [0.2, 0.25) is 0 Å². The minimum Gasteiger partial charge on any atom is -0.399 e. The fourth-order valence-corrected chi connectivity index (χ4v) is 5.55. The lowest BCUT2D eigenvalue weighted by molar-refractivity contribution is -0.137. The second-order valence-electron chi connectivity index (χ2n) is 10.3. The van der Waals surface area contributed by atoms with Crippen LogP contribution in [0.15, 0.2) is 24.3 Å². The van der Waals surface area contributed by atoms with Crippen molar-refractivity contribution in [2.24, 2.45) is 0 Å². The van der Waals surface area contributed by atoms with Gasteiger partial charge in [0, 0.05) is 29.9 Å². The highest BCUT2D eigenvalue weighted by atomic mass is 19.4. The lowest BCUT2D eigenvalue weighted by Gasteiger charge is -2.39. The van der Waals surface area contributed by atoms with Crippen molar-refractivity contribution < 1.29 is 23.4 Å². The molecule has 0 radical (unpaired) electrons. The van der Waals surface area contributed by atoms with Crippen molar-refractivity contribution in [3.63, 3.8) is 0 Å². The summed E-state index contributed by atoms with van der Waals surface area (Å²) in [6.07, 6.45) is -0.702. The van der Waals surface area contributed by atoms with Gasteiger partial charge in [-0.3, -0.25) is 0 Å². The van der Waals surface area contributed by atoms with Crippen molar-refractivity contribution in [2.75, 3.05) is 35.6 Å². The van der Waals surface area contributed by atoms with Crippen LogP contribution in [0.3, 0.4) is 0 Å². The quantitative estimate of drug-likeness (QED) is 0.370. The van der Waals surface area contributed by atoms with Crippen molar-refractivity contribution in [1.29, 1.82) is 0 Å². The van der Waals surface area contributed by atoms with Gasteiger partial charge in [-0.15, -0.1) is 0 Å². The number of anilines is 3. The van der Waals surface area contributed by atoms with Gasteiger partial charge in [0.25, 0.3) is 0 Å². The zero-order valence-electron chi connectivity index (χ0n) is 21.0. The van der Waals surface area contributed by atoms with E-state index < -0.39 is 23.4 Å². The van der Waals surface area contributed by atoms with Gasteiger partial charge in [-0.1, -0.05) is 0 Å². The van der Waals surface area contributed by atoms with Gasteiger partial charge in [-0.25, -0.2) is 9.97 Å². The lowest BCUT2D eigenvalue weighted by Crippen LogP contribution is -2.46. The van der Waals surface area contributed by atoms with Crippen LogP contribution in [0.1, 0.15) is 60.3 Å². The van der Waals surface area contributed by atoms with Crippen LogP contribution >= 0.6 is 0 Å². The number of nitrogens with zero attached hydrogens (tertiary/aromatic N) is 3. The number of nitrogens with two attached hydrogens (primary N) is 1. The molecule has 0 saturated carbocycles. The number of fused-ring (bicyclic) bond motifs is 3. The van der Waals surface area contributed by atoms with Crippen LogP contribution in [-0.2, 0) is 19.0 Å². The van der Waals surface area contributed by atoms with Crippen molar-refractivity contribution in [2.45, 2.75) is 63.8 Å². The van der Waals surface area contributed by atoms with E-state index in [4.69, 9.17) is 10.7 Å². The monoisotopic (exact) mass is 515 g/mol. The van der Waals surface area contributed by atoms with Crippen LogP contribution in [0.4, 0.5) is 30.4 Å². The van der Waals surface area contributed by atoms with Crippen LogP contribution in [0.25, 0.3) is 10.9 Å². The maximum absolute atomic E-state index is 13.4. The molecule has 10 heteroatoms. The van der Waals surface area contributed by atoms with E-state index in [1.54, 1.807) is 13.0 Å². The number of nitrogen functional groups attached to an aromatic ring is 1. The molecule has 0 bridgehead atoms. The molecule has 198 valence electrons. The number of halogens is 3. The molecule has 0 spiro atoms. The largest absolute Gasteiger partial charge is 0.416 e. The predicted octanol–water partition coefficient (Wildman–Crippen LogP) is 4.52. The van der Waals surface area contributed by atoms with E-state index in [-0.39, 0.29) is 12.3 Å². The number of rotatable bonds is 5. The van der Waals surface area contributed by atoms with Crippen LogP contribution < -0.4 is 16.0 Å². The smallest absolute Gasteiger partial charge is 0.399 e. The number of aryl methyl sites for hydroxylation is 2. The van der Waals surface area contributed by atoms with Crippen molar-refractivity contribution in [3.05, 3.63) is 52.3 Å². The number of aliphatic hydroxyl groups excluding tert-OH is 1. The summed E-state index contributed by atoms with van der Waals surface area (Å²) in [7, 11) is 0. The van der Waals surface area contributed by atoms with Gasteiger partial charge in [0.1, 0.15) is 11.6 Å². The molecule has 1 aliphatic heterocycles. The average Bonchev–Trinajstić information content (AvgIpc) is 3.34. The number of aliphatic hydroxyl groups is 2. The summed E-state index contributed by atoms with van der Waals surface area (Å²) in [6.45, 7) is 4.57. The number of nitrogens with one attached hydrogen (secondary N) is 1. The third-order valence-electron chi connectivity index (χ3n) is 7.64. The number of benzene rings is 2. The van der Waals surface area contributed by atoms with Gasteiger partial charge in [0.15, 0.2) is 0 Å². The Labute approximate surface area is 213 Å². The number of piperidine rings is 1. The van der Waals surface area contributed by atoms with Gasteiger partial charge in [-0.2, -0.15) is 13.2 Å². The third kappa shape index (κ3) is 4.92. The van der Waals surface area contributed by atoms with E-state index in [1.807, 2.05) is 6.92 Å². The average molecular weight is 516 g/mol. The maximum atomic E-state index is 13.4. The fourth-order valence-electron chi connectivity index (χ4n) is 5.55. The molecule has 1 aliphatic carbocycles. The first-order chi connectivity index (χ1) is 17.5. The van der Waals surface area contributed by atoms with E-state index in [0.717, 1.165) is 48.0 Å². The molecule has 37 heavy (non-hydrogen) atoms. The Morgan fingerprint density at radius 3 is 2.49 bits per heavy atom. The first-order valence-corrected chi connectivity index (χ1v) is 12.6. The molecule has 3 aromatic rings. The molecular weight excluding hydrogens is 483 g/mol. The Hall–Kier alpha value is -3.11. The van der Waals surface area contributed by atoms with E-state index >= 15 is 0 Å². The standard InChI is InChI=1S/C27H32F3N5O2/c1-15(17-10-18(27(28,29)30)12-19(31)11-17)32-25-22-13-23(35-8-6-26(37,14-36)7-9-35)20-4-3-5-21(20)24(22)33-16(2)34-25/h10-13,15,36-37H,3-9,14,31H2,1-2H3,(H,32,33,34). The van der Waals surface area contributed by atoms with Gasteiger partial charge in [-0.05, 0) is 86.9 Å². The molecule has 2 aliphatic rings. The topological polar surface area (TPSA) is 108 Å². The Bertz CT molecular complexity index is 1340. The van der Waals surface area contributed by atoms with Crippen LogP contribution in [0, 0.1) is 6.92 Å². The molecular formula is C27H32F3N5O2. The van der Waals surface area contributed by atoms with Crippen LogP contribution in [-0.4, -0.2) is 45.5 Å². The van der Waals surface area contributed by atoms with E-state index in [1.165, 1.54) is 11.1 Å². The zero-order chi connectivity index (χ0) is 26.5. The molecule has 7 nitrogen and oxygen atoms in total. The highest BCUT2D eigenvalue weighted by molar-refractivity contribution is 5.96. The van der Waals surface area contributed by atoms with Gasteiger partial charge >= 0.3 is 6.18 Å². The first kappa shape index (κ1) is 25.5. The summed E-state index contributed by atoms with van der Waals surface area (Å²) < 4.78 is 40.2. The summed E-state index contributed by atoms with van der Waals surface area (Å²) >= 11 is 0. The molecule has 5 rings (SSSR count). The van der Waals surface area contributed by atoms with E-state index in [0.29, 0.717) is 43.1 Å². The van der Waals surface area contributed by atoms with Gasteiger partial charge in [0.2, 0.25) is 0 Å². The summed E-state index contributed by atoms with van der Waals surface area (Å²) in [4.78, 5) is 11.6. The SMILES string of the molecule is Cc1nc(NC(C)c2cc(N)cc(C(F)(F)F)c2)c2cc(N3CCC(O)(CO)CC3)c3c(c2n1)CCC3. The summed E-state index contributed by atoms with van der Waals surface area (Å²) in [6, 6.07) is 5.17. The Kier molecular flexibility index (Phi) is 6.44. The molecule has 1 atom stereocenters. The highest BCUT2D eigenvalue weighted by Crippen LogP contribution is 2.41. The predicted molar refractivity (Wildman–Crippen MR) is 138 cm³/mol. The summed E-state index contributed by atoms with van der Waals surface area (Å²) in [5.41, 5.74) is 8.81. The number of hydrogen-bond acceptors (Lipinski definition) is 7. The normalized spacial score (nSPS) is 18.2. The number of hydrogen-bond donors (Lipinski definition) is 4. The zero-order valence-corrected chi connectivity index (χ0v) is 21.0. The second kappa shape index (κ2) is 9.33. The fraction of sp³-hybridized carbons (Fsp3) is 0.481. The molecule has 1 aromatic heterocycles. The third-order valence-corrected chi connectivity index (χ3v) is 7.64. The molecule has 1 saturated heterocycles. The highest BCUT2D eigenvalue weighted by Gasteiger charge is 2.34. The number of alkyl halides is 3. The molecule has 1 fully saturated rings. The minimum atomic E-state index is -4.49.